The normalized spacial score (nSPS) is 23.2. The van der Waals surface area contributed by atoms with Gasteiger partial charge in [0, 0.05) is 32.6 Å². The maximum absolute atomic E-state index is 11.2. The molecule has 0 bridgehead atoms. The predicted molar refractivity (Wildman–Crippen MR) is 56.9 cm³/mol. The van der Waals surface area contributed by atoms with Gasteiger partial charge in [0.25, 0.3) is 0 Å². The van der Waals surface area contributed by atoms with Crippen LogP contribution < -0.4 is 5.32 Å². The Morgan fingerprint density at radius 2 is 2.38 bits per heavy atom. The van der Waals surface area contributed by atoms with E-state index >= 15 is 0 Å². The van der Waals surface area contributed by atoms with E-state index in [9.17, 15) is 14.7 Å². The number of likely N-dealkylation sites (N-methyl/N-ethyl adjacent to an activating group) is 1. The van der Waals surface area contributed by atoms with Gasteiger partial charge in [0.15, 0.2) is 0 Å². The number of nitrogens with one attached hydrogen (secondary N) is 1. The standard InChI is InChI=1S/C10H18N2O4/c1-12-6-7(2-3-9(12)14)11-5-8(13)4-10(15)16/h7-8,11,13H,2-6H2,1H3,(H,15,16). The second-order valence-corrected chi connectivity index (χ2v) is 4.17. The Hall–Kier alpha value is -1.14. The molecule has 0 saturated carbocycles. The van der Waals surface area contributed by atoms with Gasteiger partial charge < -0.3 is 20.4 Å². The zero-order valence-corrected chi connectivity index (χ0v) is 9.35. The monoisotopic (exact) mass is 230 g/mol. The van der Waals surface area contributed by atoms with Crippen LogP contribution in [0.5, 0.6) is 0 Å². The van der Waals surface area contributed by atoms with Crippen LogP contribution >= 0.6 is 0 Å². The molecule has 0 spiro atoms. The summed E-state index contributed by atoms with van der Waals surface area (Å²) in [6, 6.07) is 0.145. The van der Waals surface area contributed by atoms with Crippen LogP contribution in [0.3, 0.4) is 0 Å². The first-order chi connectivity index (χ1) is 7.49. The first-order valence-corrected chi connectivity index (χ1v) is 5.36. The van der Waals surface area contributed by atoms with E-state index in [0.717, 1.165) is 6.42 Å². The Balaban J connectivity index is 2.23. The molecule has 3 N–H and O–H groups in total. The first kappa shape index (κ1) is 12.9. The minimum atomic E-state index is -1.01. The number of carboxylic acid groups (broad SMARTS) is 1. The third-order valence-corrected chi connectivity index (χ3v) is 2.68. The number of carbonyl (C=O) groups excluding carboxylic acids is 1. The van der Waals surface area contributed by atoms with Gasteiger partial charge in [-0.25, -0.2) is 0 Å². The van der Waals surface area contributed by atoms with Crippen LogP contribution in [0, 0.1) is 0 Å². The third-order valence-electron chi connectivity index (χ3n) is 2.68. The molecule has 2 atom stereocenters. The highest BCUT2D eigenvalue weighted by atomic mass is 16.4. The molecule has 6 nitrogen and oxygen atoms in total. The zero-order valence-electron chi connectivity index (χ0n) is 9.35. The number of aliphatic carboxylic acids is 1. The number of nitrogens with zero attached hydrogens (tertiary/aromatic N) is 1. The average molecular weight is 230 g/mol. The van der Waals surface area contributed by atoms with Crippen molar-refractivity contribution in [1.82, 2.24) is 10.2 Å². The molecule has 1 amide bonds. The number of aliphatic hydroxyl groups is 1. The Morgan fingerprint density at radius 1 is 1.69 bits per heavy atom. The number of amides is 1. The van der Waals surface area contributed by atoms with Crippen molar-refractivity contribution >= 4 is 11.9 Å². The van der Waals surface area contributed by atoms with Crippen molar-refractivity contribution in [3.8, 4) is 0 Å². The zero-order chi connectivity index (χ0) is 12.1. The molecule has 0 aliphatic carbocycles. The van der Waals surface area contributed by atoms with E-state index < -0.39 is 12.1 Å². The fourth-order valence-corrected chi connectivity index (χ4v) is 1.76. The van der Waals surface area contributed by atoms with Gasteiger partial charge in [-0.05, 0) is 6.42 Å². The molecule has 6 heteroatoms. The van der Waals surface area contributed by atoms with Crippen molar-refractivity contribution < 1.29 is 19.8 Å². The molecule has 92 valence electrons. The Bertz CT molecular complexity index is 270. The number of piperidine rings is 1. The molecule has 1 saturated heterocycles. The summed E-state index contributed by atoms with van der Waals surface area (Å²) in [5, 5.41) is 20.9. The molecule has 0 radical (unpaired) electrons. The van der Waals surface area contributed by atoms with Gasteiger partial charge in [0.2, 0.25) is 5.91 Å². The van der Waals surface area contributed by atoms with Crippen LogP contribution in [0.2, 0.25) is 0 Å². The highest BCUT2D eigenvalue weighted by molar-refractivity contribution is 5.76. The Kier molecular flexibility index (Phi) is 4.70. The predicted octanol–water partition coefficient (Wildman–Crippen LogP) is -0.968. The number of hydrogen-bond acceptors (Lipinski definition) is 4. The van der Waals surface area contributed by atoms with Crippen molar-refractivity contribution in [2.45, 2.75) is 31.4 Å². The molecular weight excluding hydrogens is 212 g/mol. The van der Waals surface area contributed by atoms with Crippen LogP contribution in [0.15, 0.2) is 0 Å². The SMILES string of the molecule is CN1CC(NCC(O)CC(=O)O)CCC1=O. The second kappa shape index (κ2) is 5.81. The molecule has 1 aliphatic rings. The number of likely N-dealkylation sites (tertiary alicyclic amines) is 1. The fraction of sp³-hybridized carbons (Fsp3) is 0.800. The van der Waals surface area contributed by atoms with Gasteiger partial charge in [-0.1, -0.05) is 0 Å². The van der Waals surface area contributed by atoms with E-state index in [4.69, 9.17) is 5.11 Å². The Morgan fingerprint density at radius 3 is 2.94 bits per heavy atom. The minimum absolute atomic E-state index is 0.129. The summed E-state index contributed by atoms with van der Waals surface area (Å²) < 4.78 is 0. The summed E-state index contributed by atoms with van der Waals surface area (Å²) in [5.41, 5.74) is 0. The molecule has 1 fully saturated rings. The summed E-state index contributed by atoms with van der Waals surface area (Å²) in [5.74, 6) is -0.880. The second-order valence-electron chi connectivity index (χ2n) is 4.17. The van der Waals surface area contributed by atoms with E-state index in [0.29, 0.717) is 13.0 Å². The van der Waals surface area contributed by atoms with Gasteiger partial charge in [-0.15, -0.1) is 0 Å². The molecule has 0 aromatic carbocycles. The summed E-state index contributed by atoms with van der Waals surface area (Å²) in [7, 11) is 1.74. The van der Waals surface area contributed by atoms with Gasteiger partial charge in [-0.3, -0.25) is 9.59 Å². The van der Waals surface area contributed by atoms with Gasteiger partial charge in [0.05, 0.1) is 12.5 Å². The summed E-state index contributed by atoms with van der Waals surface area (Å²) in [6.07, 6.45) is 0.112. The van der Waals surface area contributed by atoms with E-state index in [2.05, 4.69) is 5.32 Å². The van der Waals surface area contributed by atoms with Crippen molar-refractivity contribution in [3.05, 3.63) is 0 Å². The lowest BCUT2D eigenvalue weighted by Crippen LogP contribution is -2.48. The topological polar surface area (TPSA) is 89.9 Å². The maximum atomic E-state index is 11.2. The molecule has 2 unspecified atom stereocenters. The minimum Gasteiger partial charge on any atom is -0.481 e. The summed E-state index contributed by atoms with van der Waals surface area (Å²) >= 11 is 0. The molecule has 1 heterocycles. The van der Waals surface area contributed by atoms with Crippen LogP contribution in [-0.2, 0) is 9.59 Å². The van der Waals surface area contributed by atoms with Crippen molar-refractivity contribution in [1.29, 1.82) is 0 Å². The maximum Gasteiger partial charge on any atom is 0.306 e. The van der Waals surface area contributed by atoms with Crippen LogP contribution in [0.4, 0.5) is 0 Å². The largest absolute Gasteiger partial charge is 0.481 e. The lowest BCUT2D eigenvalue weighted by Gasteiger charge is -2.30. The van der Waals surface area contributed by atoms with Gasteiger partial charge >= 0.3 is 5.97 Å². The highest BCUT2D eigenvalue weighted by Gasteiger charge is 2.23. The number of carbonyl (C=O) groups is 2. The number of hydrogen-bond donors (Lipinski definition) is 3. The van der Waals surface area contributed by atoms with E-state index in [1.165, 1.54) is 0 Å². The molecule has 1 aliphatic heterocycles. The lowest BCUT2D eigenvalue weighted by molar-refractivity contribution is -0.139. The molecule has 1 rings (SSSR count). The van der Waals surface area contributed by atoms with Crippen LogP contribution in [0.25, 0.3) is 0 Å². The third kappa shape index (κ3) is 4.16. The van der Waals surface area contributed by atoms with Crippen molar-refractivity contribution in [3.63, 3.8) is 0 Å². The molecular formula is C10H18N2O4. The number of rotatable bonds is 5. The van der Waals surface area contributed by atoms with Crippen molar-refractivity contribution in [2.24, 2.45) is 0 Å². The molecule has 0 aromatic rings. The van der Waals surface area contributed by atoms with E-state index in [1.54, 1.807) is 11.9 Å². The smallest absolute Gasteiger partial charge is 0.306 e. The van der Waals surface area contributed by atoms with Gasteiger partial charge in [-0.2, -0.15) is 0 Å². The van der Waals surface area contributed by atoms with E-state index in [1.807, 2.05) is 0 Å². The Labute approximate surface area is 94.2 Å². The summed E-state index contributed by atoms with van der Waals surface area (Å²) in [6.45, 7) is 0.859. The lowest BCUT2D eigenvalue weighted by atomic mass is 10.1. The van der Waals surface area contributed by atoms with Crippen LogP contribution in [-0.4, -0.2) is 59.3 Å². The van der Waals surface area contributed by atoms with Crippen LogP contribution in [0.1, 0.15) is 19.3 Å². The first-order valence-electron chi connectivity index (χ1n) is 5.36. The quantitative estimate of drug-likeness (QED) is 0.565. The highest BCUT2D eigenvalue weighted by Crippen LogP contribution is 2.09. The summed E-state index contributed by atoms with van der Waals surface area (Å²) in [4.78, 5) is 23.2. The molecule has 0 aromatic heterocycles. The number of carboxylic acids is 1. The van der Waals surface area contributed by atoms with Crippen molar-refractivity contribution in [2.75, 3.05) is 20.1 Å². The number of aliphatic hydroxyl groups excluding tert-OH is 1. The molecule has 16 heavy (non-hydrogen) atoms. The van der Waals surface area contributed by atoms with Gasteiger partial charge in [0.1, 0.15) is 0 Å². The van der Waals surface area contributed by atoms with E-state index in [-0.39, 0.29) is 24.9 Å². The average Bonchev–Trinajstić information content (AvgIpc) is 2.19. The fourth-order valence-electron chi connectivity index (χ4n) is 1.76.